The van der Waals surface area contributed by atoms with Crippen LogP contribution in [-0.4, -0.2) is 33.5 Å². The molecule has 0 radical (unpaired) electrons. The van der Waals surface area contributed by atoms with Crippen molar-refractivity contribution < 1.29 is 4.79 Å². The summed E-state index contributed by atoms with van der Waals surface area (Å²) in [4.78, 5) is 13.4. The Hall–Kier alpha value is -0.730. The molecule has 1 amide bonds. The minimum Gasteiger partial charge on any atom is -0.317 e. The molecule has 3 atom stereocenters. The summed E-state index contributed by atoms with van der Waals surface area (Å²) in [5.41, 5.74) is 5.06. The van der Waals surface area contributed by atoms with Crippen LogP contribution in [0.3, 0.4) is 0 Å². The van der Waals surface area contributed by atoms with Crippen molar-refractivity contribution in [3.05, 3.63) is 0 Å². The van der Waals surface area contributed by atoms with Crippen LogP contribution in [0, 0.1) is 11.3 Å². The van der Waals surface area contributed by atoms with Gasteiger partial charge >= 0.3 is 0 Å². The molecule has 2 aliphatic heterocycles. The Morgan fingerprint density at radius 1 is 1.85 bits per heavy atom. The molecule has 5 heteroatoms. The van der Waals surface area contributed by atoms with Gasteiger partial charge in [-0.15, -0.1) is 11.8 Å². The van der Waals surface area contributed by atoms with E-state index in [9.17, 15) is 4.79 Å². The van der Waals surface area contributed by atoms with Crippen LogP contribution >= 0.6 is 11.8 Å². The SMILES string of the molecule is C[C@@]1(N)C[C@@H]2SC[C@@H](C#N)N2C1=O. The van der Waals surface area contributed by atoms with Crippen LogP contribution in [0.5, 0.6) is 0 Å². The number of nitriles is 1. The van der Waals surface area contributed by atoms with Crippen LogP contribution in [0.4, 0.5) is 0 Å². The van der Waals surface area contributed by atoms with E-state index < -0.39 is 5.54 Å². The molecule has 0 unspecified atom stereocenters. The monoisotopic (exact) mass is 197 g/mol. The Morgan fingerprint density at radius 2 is 2.54 bits per heavy atom. The Labute approximate surface area is 81.1 Å². The van der Waals surface area contributed by atoms with Crippen molar-refractivity contribution in [2.75, 3.05) is 5.75 Å². The molecule has 0 bridgehead atoms. The minimum absolute atomic E-state index is 0.0750. The van der Waals surface area contributed by atoms with Crippen LogP contribution in [-0.2, 0) is 4.79 Å². The lowest BCUT2D eigenvalue weighted by Gasteiger charge is -2.19. The van der Waals surface area contributed by atoms with Crippen LogP contribution in [0.1, 0.15) is 13.3 Å². The van der Waals surface area contributed by atoms with Crippen molar-refractivity contribution in [2.45, 2.75) is 30.3 Å². The van der Waals surface area contributed by atoms with Gasteiger partial charge in [-0.25, -0.2) is 0 Å². The standard InChI is InChI=1S/C8H11N3OS/c1-8(10)2-6-11(7(8)12)5(3-9)4-13-6/h5-6H,2,4,10H2,1H3/t5-,6+,8-/m1/s1. The third-order valence-electron chi connectivity index (χ3n) is 2.56. The van der Waals surface area contributed by atoms with E-state index in [1.165, 1.54) is 0 Å². The van der Waals surface area contributed by atoms with Crippen LogP contribution in [0.2, 0.25) is 0 Å². The number of nitrogens with two attached hydrogens (primary N) is 1. The van der Waals surface area contributed by atoms with E-state index in [0.29, 0.717) is 6.42 Å². The Balaban J connectivity index is 2.28. The summed E-state index contributed by atoms with van der Waals surface area (Å²) in [6, 6.07) is 1.86. The third kappa shape index (κ3) is 1.13. The topological polar surface area (TPSA) is 70.1 Å². The first-order chi connectivity index (χ1) is 6.06. The highest BCUT2D eigenvalue weighted by Gasteiger charge is 2.52. The molecule has 2 fully saturated rings. The molecular weight excluding hydrogens is 186 g/mol. The molecule has 2 rings (SSSR count). The van der Waals surface area contributed by atoms with Crippen molar-refractivity contribution in [2.24, 2.45) is 5.73 Å². The molecule has 2 aliphatic rings. The first-order valence-electron chi connectivity index (χ1n) is 4.19. The smallest absolute Gasteiger partial charge is 0.244 e. The average molecular weight is 197 g/mol. The number of hydrogen-bond acceptors (Lipinski definition) is 4. The van der Waals surface area contributed by atoms with Gasteiger partial charge in [0.05, 0.1) is 17.0 Å². The van der Waals surface area contributed by atoms with Gasteiger partial charge in [-0.2, -0.15) is 5.26 Å². The molecule has 13 heavy (non-hydrogen) atoms. The second-order valence-electron chi connectivity index (χ2n) is 3.77. The fraction of sp³-hybridized carbons (Fsp3) is 0.750. The predicted octanol–water partition coefficient (Wildman–Crippen LogP) is -0.0988. The maximum absolute atomic E-state index is 11.7. The van der Waals surface area contributed by atoms with Gasteiger partial charge in [0.15, 0.2) is 0 Å². The molecule has 0 saturated carbocycles. The van der Waals surface area contributed by atoms with Crippen LogP contribution < -0.4 is 5.73 Å². The number of amides is 1. The van der Waals surface area contributed by atoms with Crippen LogP contribution in [0.15, 0.2) is 0 Å². The van der Waals surface area contributed by atoms with Gasteiger partial charge in [0.1, 0.15) is 6.04 Å². The van der Waals surface area contributed by atoms with Gasteiger partial charge in [0.2, 0.25) is 5.91 Å². The first kappa shape index (κ1) is 8.85. The summed E-state index contributed by atoms with van der Waals surface area (Å²) in [6.07, 6.45) is 0.661. The zero-order chi connectivity index (χ0) is 9.64. The quantitative estimate of drug-likeness (QED) is 0.588. The molecule has 2 saturated heterocycles. The number of nitrogens with zero attached hydrogens (tertiary/aromatic N) is 2. The molecule has 2 N–H and O–H groups in total. The summed E-state index contributed by atoms with van der Waals surface area (Å²) in [6.45, 7) is 1.74. The molecular formula is C8H11N3OS. The number of carbonyl (C=O) groups excluding carboxylic acids is 1. The highest BCUT2D eigenvalue weighted by Crippen LogP contribution is 2.40. The molecule has 2 heterocycles. The lowest BCUT2D eigenvalue weighted by atomic mass is 10.0. The van der Waals surface area contributed by atoms with Crippen molar-refractivity contribution in [3.63, 3.8) is 0 Å². The van der Waals surface area contributed by atoms with Crippen molar-refractivity contribution >= 4 is 17.7 Å². The molecule has 0 aliphatic carbocycles. The summed E-state index contributed by atoms with van der Waals surface area (Å²) < 4.78 is 0. The van der Waals surface area contributed by atoms with Gasteiger partial charge in [0, 0.05) is 12.2 Å². The second kappa shape index (κ2) is 2.63. The van der Waals surface area contributed by atoms with Gasteiger partial charge in [-0.1, -0.05) is 0 Å². The first-order valence-corrected chi connectivity index (χ1v) is 5.24. The lowest BCUT2D eigenvalue weighted by molar-refractivity contribution is -0.132. The van der Waals surface area contributed by atoms with Gasteiger partial charge < -0.3 is 10.6 Å². The van der Waals surface area contributed by atoms with E-state index in [0.717, 1.165) is 5.75 Å². The van der Waals surface area contributed by atoms with Crippen LogP contribution in [0.25, 0.3) is 0 Å². The number of thioether (sulfide) groups is 1. The summed E-state index contributed by atoms with van der Waals surface area (Å²) in [5, 5.41) is 8.93. The summed E-state index contributed by atoms with van der Waals surface area (Å²) in [7, 11) is 0. The number of carbonyl (C=O) groups is 1. The highest BCUT2D eigenvalue weighted by atomic mass is 32.2. The van der Waals surface area contributed by atoms with E-state index in [4.69, 9.17) is 11.0 Å². The average Bonchev–Trinajstić information content (AvgIpc) is 2.53. The second-order valence-corrected chi connectivity index (χ2v) is 4.98. The fourth-order valence-electron chi connectivity index (χ4n) is 1.84. The van der Waals surface area contributed by atoms with Gasteiger partial charge in [-0.05, 0) is 6.92 Å². The predicted molar refractivity (Wildman–Crippen MR) is 49.7 cm³/mol. The molecule has 4 nitrogen and oxygen atoms in total. The highest BCUT2D eigenvalue weighted by molar-refractivity contribution is 8.00. The van der Waals surface area contributed by atoms with E-state index >= 15 is 0 Å². The van der Waals surface area contributed by atoms with E-state index in [1.807, 2.05) is 0 Å². The van der Waals surface area contributed by atoms with Crippen molar-refractivity contribution in [1.29, 1.82) is 5.26 Å². The minimum atomic E-state index is -0.757. The zero-order valence-electron chi connectivity index (χ0n) is 7.36. The maximum atomic E-state index is 11.7. The fourth-order valence-corrected chi connectivity index (χ4v) is 3.34. The van der Waals surface area contributed by atoms with Crippen molar-refractivity contribution in [1.82, 2.24) is 4.90 Å². The Bertz CT molecular complexity index is 296. The number of fused-ring (bicyclic) bond motifs is 1. The maximum Gasteiger partial charge on any atom is 0.244 e. The number of hydrogen-bond donors (Lipinski definition) is 1. The van der Waals surface area contributed by atoms with E-state index in [1.54, 1.807) is 23.6 Å². The van der Waals surface area contributed by atoms with E-state index in [2.05, 4.69) is 6.07 Å². The Morgan fingerprint density at radius 3 is 3.15 bits per heavy atom. The zero-order valence-corrected chi connectivity index (χ0v) is 8.17. The molecule has 0 aromatic heterocycles. The molecule has 70 valence electrons. The van der Waals surface area contributed by atoms with Crippen molar-refractivity contribution in [3.8, 4) is 6.07 Å². The lowest BCUT2D eigenvalue weighted by Crippen LogP contribution is -2.47. The van der Waals surface area contributed by atoms with E-state index in [-0.39, 0.29) is 17.3 Å². The van der Waals surface area contributed by atoms with Gasteiger partial charge in [0.25, 0.3) is 0 Å². The molecule has 0 spiro atoms. The van der Waals surface area contributed by atoms with Gasteiger partial charge in [-0.3, -0.25) is 4.79 Å². The summed E-state index contributed by atoms with van der Waals surface area (Å²) >= 11 is 1.65. The molecule has 0 aromatic carbocycles. The largest absolute Gasteiger partial charge is 0.317 e. The number of rotatable bonds is 0. The summed E-state index contributed by atoms with van der Waals surface area (Å²) in [5.74, 6) is 0.650. The normalized spacial score (nSPS) is 43.5. The Kier molecular flexibility index (Phi) is 1.79. The molecule has 0 aromatic rings. The third-order valence-corrected chi connectivity index (χ3v) is 3.85.